The normalized spacial score (nSPS) is 10.9. The minimum Gasteiger partial charge on any atom is -0.478 e. The highest BCUT2D eigenvalue weighted by Crippen LogP contribution is 1.99. The Morgan fingerprint density at radius 3 is 2.40 bits per heavy atom. The lowest BCUT2D eigenvalue weighted by molar-refractivity contribution is -0.131. The molecule has 1 aromatic carbocycles. The summed E-state index contributed by atoms with van der Waals surface area (Å²) < 4.78 is 0. The van der Waals surface area contributed by atoms with E-state index in [1.54, 1.807) is 30.3 Å². The summed E-state index contributed by atoms with van der Waals surface area (Å²) in [6.45, 7) is 1.52. The van der Waals surface area contributed by atoms with E-state index >= 15 is 0 Å². The fourth-order valence-electron chi connectivity index (χ4n) is 1.06. The second-order valence-corrected chi connectivity index (χ2v) is 2.99. The minimum atomic E-state index is -1.08. The molecule has 0 unspecified atom stereocenters. The maximum absolute atomic E-state index is 11.5. The number of benzene rings is 1. The van der Waals surface area contributed by atoms with Crippen molar-refractivity contribution in [1.29, 1.82) is 0 Å². The van der Waals surface area contributed by atoms with Gasteiger partial charge >= 0.3 is 5.97 Å². The van der Waals surface area contributed by atoms with Crippen molar-refractivity contribution >= 4 is 11.9 Å². The van der Waals surface area contributed by atoms with Gasteiger partial charge in [0.25, 0.3) is 5.91 Å². The van der Waals surface area contributed by atoms with Crippen molar-refractivity contribution in [2.45, 2.75) is 6.92 Å². The van der Waals surface area contributed by atoms with E-state index in [-0.39, 0.29) is 5.91 Å². The number of amides is 1. The highest BCUT2D eigenvalue weighted by Gasteiger charge is 2.04. The molecule has 0 saturated heterocycles. The van der Waals surface area contributed by atoms with E-state index in [1.165, 1.54) is 6.92 Å². The second-order valence-electron chi connectivity index (χ2n) is 2.99. The van der Waals surface area contributed by atoms with Crippen LogP contribution in [0.3, 0.4) is 0 Å². The zero-order chi connectivity index (χ0) is 11.3. The van der Waals surface area contributed by atoms with E-state index in [9.17, 15) is 9.59 Å². The molecule has 0 aromatic heterocycles. The molecule has 2 N–H and O–H groups in total. The van der Waals surface area contributed by atoms with Gasteiger partial charge in [0.05, 0.1) is 0 Å². The number of carbonyl (C=O) groups is 2. The van der Waals surface area contributed by atoms with Crippen LogP contribution in [0.15, 0.2) is 42.1 Å². The molecular weight excluding hydrogens is 194 g/mol. The van der Waals surface area contributed by atoms with Gasteiger partial charge in [0.2, 0.25) is 0 Å². The summed E-state index contributed by atoms with van der Waals surface area (Å²) in [6, 6.07) is 8.60. The largest absolute Gasteiger partial charge is 0.478 e. The van der Waals surface area contributed by atoms with Crippen LogP contribution in [-0.2, 0) is 4.79 Å². The number of carboxylic acids is 1. The highest BCUT2D eigenvalue weighted by molar-refractivity contribution is 5.95. The number of hydrogen-bond donors (Lipinski definition) is 2. The second kappa shape index (κ2) is 4.95. The average Bonchev–Trinajstić information content (AvgIpc) is 2.17. The molecule has 0 aliphatic carbocycles. The van der Waals surface area contributed by atoms with E-state index in [4.69, 9.17) is 5.11 Å². The lowest BCUT2D eigenvalue weighted by atomic mass is 10.2. The van der Waals surface area contributed by atoms with Gasteiger partial charge in [-0.1, -0.05) is 18.2 Å². The van der Waals surface area contributed by atoms with Gasteiger partial charge in [-0.2, -0.15) is 0 Å². The lowest BCUT2D eigenvalue weighted by Gasteiger charge is -2.03. The molecule has 0 aliphatic rings. The van der Waals surface area contributed by atoms with Crippen LogP contribution >= 0.6 is 0 Å². The summed E-state index contributed by atoms with van der Waals surface area (Å²) in [4.78, 5) is 21.8. The summed E-state index contributed by atoms with van der Waals surface area (Å²) in [7, 11) is 0. The Kier molecular flexibility index (Phi) is 3.62. The van der Waals surface area contributed by atoms with Crippen molar-refractivity contribution in [2.24, 2.45) is 0 Å². The van der Waals surface area contributed by atoms with E-state index < -0.39 is 5.97 Å². The van der Waals surface area contributed by atoms with Crippen LogP contribution in [0.2, 0.25) is 0 Å². The van der Waals surface area contributed by atoms with Gasteiger partial charge in [-0.25, -0.2) is 4.79 Å². The number of rotatable bonds is 3. The van der Waals surface area contributed by atoms with E-state index in [0.29, 0.717) is 11.3 Å². The standard InChI is InChI=1S/C11H11NO3/c1-8(7-10(13)14)12-11(15)9-5-3-2-4-6-9/h2-7H,1H3,(H,12,15)(H,13,14). The number of aliphatic carboxylic acids is 1. The summed E-state index contributed by atoms with van der Waals surface area (Å²) in [5, 5.41) is 10.9. The van der Waals surface area contributed by atoms with Crippen molar-refractivity contribution in [2.75, 3.05) is 0 Å². The summed E-state index contributed by atoms with van der Waals surface area (Å²) in [5.74, 6) is -1.40. The Labute approximate surface area is 87.2 Å². The molecule has 0 fully saturated rings. The van der Waals surface area contributed by atoms with Crippen LogP contribution in [0.25, 0.3) is 0 Å². The van der Waals surface area contributed by atoms with Gasteiger partial charge in [0, 0.05) is 17.3 Å². The zero-order valence-electron chi connectivity index (χ0n) is 8.23. The Balaban J connectivity index is 2.69. The van der Waals surface area contributed by atoms with Gasteiger partial charge in [0.1, 0.15) is 0 Å². The van der Waals surface area contributed by atoms with Gasteiger partial charge < -0.3 is 10.4 Å². The molecule has 1 rings (SSSR count). The Bertz CT molecular complexity index is 396. The van der Waals surface area contributed by atoms with Crippen LogP contribution in [-0.4, -0.2) is 17.0 Å². The quantitative estimate of drug-likeness (QED) is 0.733. The fraction of sp³-hybridized carbons (Fsp3) is 0.0909. The zero-order valence-corrected chi connectivity index (χ0v) is 8.23. The van der Waals surface area contributed by atoms with Crippen molar-refractivity contribution in [1.82, 2.24) is 5.32 Å². The monoisotopic (exact) mass is 205 g/mol. The molecule has 78 valence electrons. The molecule has 0 bridgehead atoms. The highest BCUT2D eigenvalue weighted by atomic mass is 16.4. The first-order valence-corrected chi connectivity index (χ1v) is 4.37. The smallest absolute Gasteiger partial charge is 0.330 e. The Hall–Kier alpha value is -2.10. The number of carbonyl (C=O) groups excluding carboxylic acids is 1. The fourth-order valence-corrected chi connectivity index (χ4v) is 1.06. The van der Waals surface area contributed by atoms with Crippen LogP contribution in [0, 0.1) is 0 Å². The van der Waals surface area contributed by atoms with Crippen molar-refractivity contribution in [3.05, 3.63) is 47.7 Å². The summed E-state index contributed by atoms with van der Waals surface area (Å²) in [6.07, 6.45) is 0.945. The lowest BCUT2D eigenvalue weighted by Crippen LogP contribution is -2.21. The van der Waals surface area contributed by atoms with E-state index in [0.717, 1.165) is 6.08 Å². The first kappa shape index (κ1) is 11.0. The SMILES string of the molecule is CC(=CC(=O)O)NC(=O)c1ccccc1. The molecule has 0 saturated carbocycles. The maximum atomic E-state index is 11.5. The maximum Gasteiger partial charge on any atom is 0.330 e. The topological polar surface area (TPSA) is 66.4 Å². The van der Waals surface area contributed by atoms with Crippen LogP contribution < -0.4 is 5.32 Å². The van der Waals surface area contributed by atoms with Crippen molar-refractivity contribution in [3.8, 4) is 0 Å². The van der Waals surface area contributed by atoms with E-state index in [1.807, 2.05) is 0 Å². The third-order valence-electron chi connectivity index (χ3n) is 1.69. The molecule has 4 heteroatoms. The molecule has 0 spiro atoms. The first-order valence-electron chi connectivity index (χ1n) is 4.37. The predicted molar refractivity (Wildman–Crippen MR) is 55.3 cm³/mol. The third kappa shape index (κ3) is 3.64. The molecule has 0 atom stereocenters. The molecule has 15 heavy (non-hydrogen) atoms. The number of nitrogens with one attached hydrogen (secondary N) is 1. The molecule has 0 heterocycles. The number of allylic oxidation sites excluding steroid dienone is 1. The molecular formula is C11H11NO3. The van der Waals surface area contributed by atoms with E-state index in [2.05, 4.69) is 5.32 Å². The first-order chi connectivity index (χ1) is 7.09. The molecule has 0 aliphatic heterocycles. The molecule has 4 nitrogen and oxygen atoms in total. The van der Waals surface area contributed by atoms with Crippen LogP contribution in [0.4, 0.5) is 0 Å². The molecule has 1 aromatic rings. The van der Waals surface area contributed by atoms with Crippen molar-refractivity contribution < 1.29 is 14.7 Å². The van der Waals surface area contributed by atoms with Gasteiger partial charge in [-0.15, -0.1) is 0 Å². The number of hydrogen-bond acceptors (Lipinski definition) is 2. The summed E-state index contributed by atoms with van der Waals surface area (Å²) >= 11 is 0. The average molecular weight is 205 g/mol. The van der Waals surface area contributed by atoms with Crippen molar-refractivity contribution in [3.63, 3.8) is 0 Å². The van der Waals surface area contributed by atoms with Crippen LogP contribution in [0.5, 0.6) is 0 Å². The Morgan fingerprint density at radius 1 is 1.27 bits per heavy atom. The third-order valence-corrected chi connectivity index (χ3v) is 1.69. The number of carboxylic acid groups (broad SMARTS) is 1. The Morgan fingerprint density at radius 2 is 1.87 bits per heavy atom. The molecule has 1 amide bonds. The van der Waals surface area contributed by atoms with Gasteiger partial charge in [-0.3, -0.25) is 4.79 Å². The van der Waals surface area contributed by atoms with Crippen LogP contribution in [0.1, 0.15) is 17.3 Å². The predicted octanol–water partition coefficient (Wildman–Crippen LogP) is 1.40. The van der Waals surface area contributed by atoms with Gasteiger partial charge in [0.15, 0.2) is 0 Å². The minimum absolute atomic E-state index is 0.302. The molecule has 0 radical (unpaired) electrons. The summed E-state index contributed by atoms with van der Waals surface area (Å²) in [5.41, 5.74) is 0.798. The van der Waals surface area contributed by atoms with Gasteiger partial charge in [-0.05, 0) is 19.1 Å².